The Morgan fingerprint density at radius 3 is 2.25 bits per heavy atom. The zero-order valence-electron chi connectivity index (χ0n) is 16.9. The summed E-state index contributed by atoms with van der Waals surface area (Å²) in [7, 11) is 0. The van der Waals surface area contributed by atoms with E-state index in [1.165, 1.54) is 0 Å². The van der Waals surface area contributed by atoms with E-state index in [1.807, 2.05) is 4.90 Å². The predicted molar refractivity (Wildman–Crippen MR) is 102 cm³/mol. The minimum atomic E-state index is -5.75. The topological polar surface area (TPSA) is 62.2 Å². The summed E-state index contributed by atoms with van der Waals surface area (Å²) in [4.78, 5) is 14.6. The second-order valence-corrected chi connectivity index (χ2v) is 7.58. The number of piperazine rings is 1. The fourth-order valence-electron chi connectivity index (χ4n) is 3.01. The van der Waals surface area contributed by atoms with E-state index in [0.717, 1.165) is 10.5 Å². The molecular weight excluding hydrogens is 470 g/mol. The third-order valence-corrected chi connectivity index (χ3v) is 4.91. The molecule has 0 saturated carbocycles. The molecule has 0 aromatic heterocycles. The van der Waals surface area contributed by atoms with E-state index in [4.69, 9.17) is 21.4 Å². The molecule has 1 saturated heterocycles. The molecule has 0 aliphatic carbocycles. The number of aliphatic hydroxyl groups is 1. The van der Waals surface area contributed by atoms with Crippen LogP contribution in [0.4, 0.5) is 31.1 Å². The van der Waals surface area contributed by atoms with E-state index in [1.54, 1.807) is 18.2 Å². The van der Waals surface area contributed by atoms with Crippen LogP contribution in [0, 0.1) is 0 Å². The fourth-order valence-corrected chi connectivity index (χ4v) is 3.18. The molecule has 182 valence electrons. The first-order chi connectivity index (χ1) is 14.9. The fraction of sp³-hybridized carbons (Fsp3) is 0.632. The highest BCUT2D eigenvalue weighted by atomic mass is 35.5. The third kappa shape index (κ3) is 7.89. The van der Waals surface area contributed by atoms with Gasteiger partial charge in [-0.1, -0.05) is 17.7 Å². The summed E-state index contributed by atoms with van der Waals surface area (Å²) in [6, 6.07) is 5.05. The highest BCUT2D eigenvalue weighted by molar-refractivity contribution is 6.30. The molecule has 0 spiro atoms. The molecule has 1 N–H and O–H groups in total. The van der Waals surface area contributed by atoms with E-state index in [2.05, 4.69) is 4.74 Å². The Kier molecular flexibility index (Phi) is 9.28. The zero-order chi connectivity index (χ0) is 23.9. The number of halogens is 7. The zero-order valence-corrected chi connectivity index (χ0v) is 17.6. The lowest BCUT2D eigenvalue weighted by Gasteiger charge is -2.35. The standard InChI is InChI=1S/C19H23ClF6N2O4/c20-14-4-3-13(15(11-14)31-10-2-1-9-29)12-27-5-7-28(8-6-27)17(30)32-16(18(21,22)23)19(24,25)26/h3-4,11,16,29H,1-2,5-10,12H2. The van der Waals surface area contributed by atoms with Crippen molar-refractivity contribution in [3.8, 4) is 5.75 Å². The van der Waals surface area contributed by atoms with Crippen LogP contribution in [0.25, 0.3) is 0 Å². The summed E-state index contributed by atoms with van der Waals surface area (Å²) in [6.45, 7) is 1.03. The Bertz CT molecular complexity index is 740. The Morgan fingerprint density at radius 2 is 1.69 bits per heavy atom. The van der Waals surface area contributed by atoms with Crippen molar-refractivity contribution in [2.24, 2.45) is 0 Å². The lowest BCUT2D eigenvalue weighted by Crippen LogP contribution is -2.52. The highest BCUT2D eigenvalue weighted by Crippen LogP contribution is 2.36. The normalized spacial score (nSPS) is 15.8. The van der Waals surface area contributed by atoms with Gasteiger partial charge in [-0.05, 0) is 25.0 Å². The van der Waals surface area contributed by atoms with Gasteiger partial charge in [0, 0.05) is 49.9 Å². The number of rotatable bonds is 8. The van der Waals surface area contributed by atoms with Crippen LogP contribution in [-0.4, -0.2) is 78.8 Å². The number of benzene rings is 1. The molecule has 32 heavy (non-hydrogen) atoms. The van der Waals surface area contributed by atoms with Crippen molar-refractivity contribution in [1.82, 2.24) is 9.80 Å². The van der Waals surface area contributed by atoms with Gasteiger partial charge in [0.05, 0.1) is 6.61 Å². The second-order valence-electron chi connectivity index (χ2n) is 7.14. The summed E-state index contributed by atoms with van der Waals surface area (Å²) < 4.78 is 85.0. The number of ether oxygens (including phenoxy) is 2. The molecule has 1 heterocycles. The van der Waals surface area contributed by atoms with Gasteiger partial charge in [0.2, 0.25) is 0 Å². The molecule has 1 aliphatic rings. The predicted octanol–water partition coefficient (Wildman–Crippen LogP) is 4.24. The van der Waals surface area contributed by atoms with E-state index < -0.39 is 24.5 Å². The molecule has 0 unspecified atom stereocenters. The number of hydrogen-bond donors (Lipinski definition) is 1. The Labute approximate surface area is 185 Å². The third-order valence-electron chi connectivity index (χ3n) is 4.68. The lowest BCUT2D eigenvalue weighted by atomic mass is 10.1. The van der Waals surface area contributed by atoms with E-state index in [9.17, 15) is 31.1 Å². The summed E-state index contributed by atoms with van der Waals surface area (Å²) in [5, 5.41) is 9.30. The first-order valence-electron chi connectivity index (χ1n) is 9.75. The van der Waals surface area contributed by atoms with Gasteiger partial charge in [0.1, 0.15) is 5.75 Å². The molecule has 13 heteroatoms. The van der Waals surface area contributed by atoms with E-state index in [0.29, 0.717) is 36.8 Å². The van der Waals surface area contributed by atoms with E-state index in [-0.39, 0.29) is 32.8 Å². The van der Waals surface area contributed by atoms with Crippen LogP contribution in [0.15, 0.2) is 18.2 Å². The molecule has 1 aromatic rings. The van der Waals surface area contributed by atoms with Crippen molar-refractivity contribution < 1.29 is 45.7 Å². The molecule has 0 atom stereocenters. The van der Waals surface area contributed by atoms with Gasteiger partial charge >= 0.3 is 18.4 Å². The van der Waals surface area contributed by atoms with Crippen LogP contribution in [0.2, 0.25) is 5.02 Å². The smallest absolute Gasteiger partial charge is 0.434 e. The highest BCUT2D eigenvalue weighted by Gasteiger charge is 2.60. The number of nitrogens with zero attached hydrogens (tertiary/aromatic N) is 2. The van der Waals surface area contributed by atoms with Gasteiger partial charge in [-0.2, -0.15) is 26.3 Å². The van der Waals surface area contributed by atoms with E-state index >= 15 is 0 Å². The first-order valence-corrected chi connectivity index (χ1v) is 10.1. The number of carbonyl (C=O) groups is 1. The second kappa shape index (κ2) is 11.3. The Morgan fingerprint density at radius 1 is 1.06 bits per heavy atom. The van der Waals surface area contributed by atoms with Crippen LogP contribution in [0.1, 0.15) is 18.4 Å². The molecule has 0 radical (unpaired) electrons. The Hall–Kier alpha value is -1.92. The largest absolute Gasteiger partial charge is 0.493 e. The van der Waals surface area contributed by atoms with Gasteiger partial charge in [-0.3, -0.25) is 4.90 Å². The summed E-state index contributed by atoms with van der Waals surface area (Å²) in [5.74, 6) is 0.537. The van der Waals surface area contributed by atoms with Crippen molar-refractivity contribution in [2.75, 3.05) is 39.4 Å². The van der Waals surface area contributed by atoms with Gasteiger partial charge in [0.15, 0.2) is 0 Å². The molecule has 1 amide bonds. The lowest BCUT2D eigenvalue weighted by molar-refractivity contribution is -0.308. The number of hydrogen-bond acceptors (Lipinski definition) is 5. The monoisotopic (exact) mass is 492 g/mol. The van der Waals surface area contributed by atoms with Crippen LogP contribution >= 0.6 is 11.6 Å². The van der Waals surface area contributed by atoms with Crippen molar-refractivity contribution in [3.63, 3.8) is 0 Å². The quantitative estimate of drug-likeness (QED) is 0.434. The SMILES string of the molecule is O=C(OC(C(F)(F)F)C(F)(F)F)N1CCN(Cc2ccc(Cl)cc2OCCCCO)CC1. The van der Waals surface area contributed by atoms with Crippen LogP contribution in [-0.2, 0) is 11.3 Å². The maximum atomic E-state index is 12.6. The summed E-state index contributed by atoms with van der Waals surface area (Å²) in [6.07, 6.45) is -16.1. The van der Waals surface area contributed by atoms with Crippen LogP contribution in [0.3, 0.4) is 0 Å². The number of aliphatic hydroxyl groups excluding tert-OH is 1. The number of carbonyl (C=O) groups excluding carboxylic acids is 1. The van der Waals surface area contributed by atoms with Gasteiger partial charge in [0.25, 0.3) is 6.10 Å². The minimum absolute atomic E-state index is 0.0468. The van der Waals surface area contributed by atoms with Crippen molar-refractivity contribution in [1.29, 1.82) is 0 Å². The molecule has 6 nitrogen and oxygen atoms in total. The van der Waals surface area contributed by atoms with Crippen molar-refractivity contribution in [3.05, 3.63) is 28.8 Å². The number of alkyl halides is 6. The molecule has 0 bridgehead atoms. The molecule has 1 aliphatic heterocycles. The average Bonchev–Trinajstić information content (AvgIpc) is 2.70. The van der Waals surface area contributed by atoms with Gasteiger partial charge in [-0.25, -0.2) is 4.79 Å². The van der Waals surface area contributed by atoms with Gasteiger partial charge in [-0.15, -0.1) is 0 Å². The maximum Gasteiger partial charge on any atom is 0.434 e. The summed E-state index contributed by atoms with van der Waals surface area (Å²) >= 11 is 6.01. The number of amides is 1. The van der Waals surface area contributed by atoms with Crippen molar-refractivity contribution in [2.45, 2.75) is 37.8 Å². The molecule has 2 rings (SSSR count). The van der Waals surface area contributed by atoms with Crippen LogP contribution < -0.4 is 4.74 Å². The van der Waals surface area contributed by atoms with Crippen molar-refractivity contribution >= 4 is 17.7 Å². The molecule has 1 aromatic carbocycles. The Balaban J connectivity index is 1.92. The first kappa shape index (κ1) is 26.3. The van der Waals surface area contributed by atoms with Crippen LogP contribution in [0.5, 0.6) is 5.75 Å². The minimum Gasteiger partial charge on any atom is -0.493 e. The maximum absolute atomic E-state index is 12.6. The molecule has 1 fully saturated rings. The summed E-state index contributed by atoms with van der Waals surface area (Å²) in [5.41, 5.74) is 0.781. The van der Waals surface area contributed by atoms with Gasteiger partial charge < -0.3 is 19.5 Å². The average molecular weight is 493 g/mol. The molecular formula is C19H23ClF6N2O4. The number of unbranched alkanes of at least 4 members (excludes halogenated alkanes) is 1.